The van der Waals surface area contributed by atoms with Crippen LogP contribution in [0.15, 0.2) is 11.6 Å². The van der Waals surface area contributed by atoms with Gasteiger partial charge in [0.1, 0.15) is 6.10 Å². The summed E-state index contributed by atoms with van der Waals surface area (Å²) in [6, 6.07) is 0. The second-order valence-corrected chi connectivity index (χ2v) is 4.56. The van der Waals surface area contributed by atoms with Gasteiger partial charge in [-0.25, -0.2) is 0 Å². The number of hydrogen-bond donors (Lipinski definition) is 1. The fraction of sp³-hybridized carbons (Fsp3) is 0.727. The average Bonchev–Trinajstić information content (AvgIpc) is 2.69. The van der Waals surface area contributed by atoms with E-state index < -0.39 is 0 Å². The minimum Gasteiger partial charge on any atom is -0.461 e. The Bertz CT molecular complexity index is 308. The van der Waals surface area contributed by atoms with E-state index in [9.17, 15) is 9.90 Å². The molecule has 0 spiro atoms. The molecule has 3 rings (SSSR count). The van der Waals surface area contributed by atoms with Gasteiger partial charge in [-0.15, -0.1) is 0 Å². The Hall–Kier alpha value is -0.830. The van der Waals surface area contributed by atoms with Gasteiger partial charge in [-0.1, -0.05) is 11.6 Å². The van der Waals surface area contributed by atoms with Crippen LogP contribution >= 0.6 is 0 Å². The van der Waals surface area contributed by atoms with Crippen molar-refractivity contribution in [2.75, 3.05) is 0 Å². The fourth-order valence-corrected chi connectivity index (χ4v) is 3.12. The number of hydrogen-bond acceptors (Lipinski definition) is 3. The molecule has 2 aliphatic carbocycles. The standard InChI is InChI=1S/C11H14O3/c12-9-4-6-2-1-3-7(6)11-8(9)5-10(13)14-11/h2,7-9,11-12H,1,3-5H2/t7-,8+,9+,11+/m1/s1. The van der Waals surface area contributed by atoms with Crippen molar-refractivity contribution in [2.45, 2.75) is 37.9 Å². The van der Waals surface area contributed by atoms with E-state index in [4.69, 9.17) is 4.74 Å². The smallest absolute Gasteiger partial charge is 0.306 e. The Morgan fingerprint density at radius 1 is 1.43 bits per heavy atom. The molecule has 2 fully saturated rings. The third-order valence-corrected chi connectivity index (χ3v) is 3.79. The van der Waals surface area contributed by atoms with Gasteiger partial charge in [0.2, 0.25) is 0 Å². The number of aliphatic hydroxyl groups excluding tert-OH is 1. The second-order valence-electron chi connectivity index (χ2n) is 4.56. The van der Waals surface area contributed by atoms with Crippen LogP contribution in [0.4, 0.5) is 0 Å². The number of allylic oxidation sites excluding steroid dienone is 1. The van der Waals surface area contributed by atoms with Gasteiger partial charge in [0.05, 0.1) is 12.5 Å². The Morgan fingerprint density at radius 2 is 2.29 bits per heavy atom. The first-order valence-electron chi connectivity index (χ1n) is 5.32. The summed E-state index contributed by atoms with van der Waals surface area (Å²) >= 11 is 0. The first-order chi connectivity index (χ1) is 6.75. The summed E-state index contributed by atoms with van der Waals surface area (Å²) in [7, 11) is 0. The number of carbonyl (C=O) groups excluding carboxylic acids is 1. The molecular formula is C11H14O3. The number of aliphatic hydroxyl groups is 1. The SMILES string of the molecule is O=C1C[C@@H]2[C@@H](O1)[C@@H]1CCC=C1C[C@@H]2O. The molecule has 3 heteroatoms. The normalized spacial score (nSPS) is 45.5. The van der Waals surface area contributed by atoms with Gasteiger partial charge in [-0.2, -0.15) is 0 Å². The lowest BCUT2D eigenvalue weighted by molar-refractivity contribution is -0.143. The van der Waals surface area contributed by atoms with E-state index in [1.165, 1.54) is 5.57 Å². The minimum absolute atomic E-state index is 0.0278. The largest absolute Gasteiger partial charge is 0.461 e. The molecule has 76 valence electrons. The summed E-state index contributed by atoms with van der Waals surface area (Å²) in [4.78, 5) is 11.2. The molecule has 14 heavy (non-hydrogen) atoms. The summed E-state index contributed by atoms with van der Waals surface area (Å²) in [6.07, 6.45) is 5.14. The van der Waals surface area contributed by atoms with Gasteiger partial charge in [0.15, 0.2) is 0 Å². The van der Waals surface area contributed by atoms with E-state index in [2.05, 4.69) is 6.08 Å². The van der Waals surface area contributed by atoms with Gasteiger partial charge in [-0.05, 0) is 19.3 Å². The van der Waals surface area contributed by atoms with Crippen LogP contribution in [0.3, 0.4) is 0 Å². The molecular weight excluding hydrogens is 180 g/mol. The number of ether oxygens (including phenoxy) is 1. The Kier molecular flexibility index (Phi) is 1.71. The molecule has 0 aromatic rings. The summed E-state index contributed by atoms with van der Waals surface area (Å²) in [6.45, 7) is 0. The molecule has 0 radical (unpaired) electrons. The highest BCUT2D eigenvalue weighted by Gasteiger charge is 2.49. The maximum Gasteiger partial charge on any atom is 0.306 e. The van der Waals surface area contributed by atoms with Crippen LogP contribution in [0, 0.1) is 11.8 Å². The molecule has 1 aliphatic heterocycles. The van der Waals surface area contributed by atoms with Crippen LogP contribution in [0.25, 0.3) is 0 Å². The van der Waals surface area contributed by atoms with Crippen molar-refractivity contribution in [1.82, 2.24) is 0 Å². The number of fused-ring (bicyclic) bond motifs is 3. The van der Waals surface area contributed by atoms with Gasteiger partial charge < -0.3 is 9.84 Å². The van der Waals surface area contributed by atoms with Crippen molar-refractivity contribution in [3.8, 4) is 0 Å². The van der Waals surface area contributed by atoms with Gasteiger partial charge in [-0.3, -0.25) is 4.79 Å². The van der Waals surface area contributed by atoms with Crippen molar-refractivity contribution in [2.24, 2.45) is 11.8 Å². The Balaban J connectivity index is 1.92. The summed E-state index contributed by atoms with van der Waals surface area (Å²) in [5.74, 6) is 0.338. The van der Waals surface area contributed by atoms with E-state index in [1.807, 2.05) is 0 Å². The Morgan fingerprint density at radius 3 is 3.14 bits per heavy atom. The third kappa shape index (κ3) is 1.05. The molecule has 1 saturated heterocycles. The van der Waals surface area contributed by atoms with Crippen molar-refractivity contribution in [3.05, 3.63) is 11.6 Å². The molecule has 4 atom stereocenters. The van der Waals surface area contributed by atoms with Crippen LogP contribution in [0.2, 0.25) is 0 Å². The van der Waals surface area contributed by atoms with Crippen molar-refractivity contribution in [1.29, 1.82) is 0 Å². The predicted octanol–water partition coefficient (Wildman–Crippen LogP) is 1.02. The van der Waals surface area contributed by atoms with Crippen LogP contribution < -0.4 is 0 Å². The second kappa shape index (κ2) is 2.83. The van der Waals surface area contributed by atoms with Crippen LogP contribution in [-0.4, -0.2) is 23.3 Å². The number of esters is 1. The predicted molar refractivity (Wildman–Crippen MR) is 49.4 cm³/mol. The Labute approximate surface area is 82.8 Å². The van der Waals surface area contributed by atoms with Gasteiger partial charge in [0.25, 0.3) is 0 Å². The van der Waals surface area contributed by atoms with E-state index in [-0.39, 0.29) is 24.1 Å². The third-order valence-electron chi connectivity index (χ3n) is 3.79. The highest BCUT2D eigenvalue weighted by atomic mass is 16.6. The first-order valence-corrected chi connectivity index (χ1v) is 5.32. The highest BCUT2D eigenvalue weighted by molar-refractivity contribution is 5.72. The summed E-state index contributed by atoms with van der Waals surface area (Å²) in [5.41, 5.74) is 1.31. The lowest BCUT2D eigenvalue weighted by Crippen LogP contribution is -2.39. The lowest BCUT2D eigenvalue weighted by Gasteiger charge is -2.34. The van der Waals surface area contributed by atoms with Crippen molar-refractivity contribution < 1.29 is 14.6 Å². The molecule has 3 nitrogen and oxygen atoms in total. The highest BCUT2D eigenvalue weighted by Crippen LogP contribution is 2.46. The van der Waals surface area contributed by atoms with Crippen LogP contribution in [0.5, 0.6) is 0 Å². The van der Waals surface area contributed by atoms with E-state index >= 15 is 0 Å². The van der Waals surface area contributed by atoms with Crippen LogP contribution in [-0.2, 0) is 9.53 Å². The van der Waals surface area contributed by atoms with Crippen molar-refractivity contribution >= 4 is 5.97 Å². The molecule has 3 aliphatic rings. The lowest BCUT2D eigenvalue weighted by atomic mass is 9.75. The van der Waals surface area contributed by atoms with E-state index in [0.29, 0.717) is 12.3 Å². The summed E-state index contributed by atoms with van der Waals surface area (Å²) < 4.78 is 5.31. The maximum absolute atomic E-state index is 11.2. The topological polar surface area (TPSA) is 46.5 Å². The molecule has 1 N–H and O–H groups in total. The zero-order chi connectivity index (χ0) is 9.71. The molecule has 0 unspecified atom stereocenters. The van der Waals surface area contributed by atoms with E-state index in [0.717, 1.165) is 19.3 Å². The molecule has 0 aromatic carbocycles. The van der Waals surface area contributed by atoms with Crippen molar-refractivity contribution in [3.63, 3.8) is 0 Å². The quantitative estimate of drug-likeness (QED) is 0.462. The molecule has 0 aromatic heterocycles. The van der Waals surface area contributed by atoms with Gasteiger partial charge >= 0.3 is 5.97 Å². The first kappa shape index (κ1) is 8.48. The maximum atomic E-state index is 11.2. The number of carbonyl (C=O) groups is 1. The van der Waals surface area contributed by atoms with Crippen LogP contribution in [0.1, 0.15) is 25.7 Å². The van der Waals surface area contributed by atoms with E-state index in [1.54, 1.807) is 0 Å². The molecule has 1 heterocycles. The molecule has 0 bridgehead atoms. The number of rotatable bonds is 0. The molecule has 0 amide bonds. The summed E-state index contributed by atoms with van der Waals surface area (Å²) in [5, 5.41) is 9.87. The molecule has 1 saturated carbocycles. The monoisotopic (exact) mass is 194 g/mol. The zero-order valence-corrected chi connectivity index (χ0v) is 7.98. The minimum atomic E-state index is -0.368. The van der Waals surface area contributed by atoms with Gasteiger partial charge in [0, 0.05) is 11.8 Å². The fourth-order valence-electron chi connectivity index (χ4n) is 3.12. The average molecular weight is 194 g/mol. The zero-order valence-electron chi connectivity index (χ0n) is 7.98.